The van der Waals surface area contributed by atoms with Crippen molar-refractivity contribution < 1.29 is 24.1 Å². The molecule has 5 nitrogen and oxygen atoms in total. The van der Waals surface area contributed by atoms with Crippen molar-refractivity contribution in [2.75, 3.05) is 19.8 Å². The lowest BCUT2D eigenvalue weighted by atomic mass is 10.2. The van der Waals surface area contributed by atoms with E-state index in [1.54, 1.807) is 0 Å². The molecule has 0 aromatic carbocycles. The molecular weight excluding hydrogens is 224 g/mol. The summed E-state index contributed by atoms with van der Waals surface area (Å²) in [4.78, 5) is 0. The maximum atomic E-state index is 9.37. The van der Waals surface area contributed by atoms with Crippen LogP contribution in [0.5, 0.6) is 0 Å². The highest BCUT2D eigenvalue weighted by Crippen LogP contribution is 2.26. The van der Waals surface area contributed by atoms with Crippen LogP contribution in [0.3, 0.4) is 0 Å². The van der Waals surface area contributed by atoms with Gasteiger partial charge in [-0.2, -0.15) is 0 Å². The number of hydrogen-bond donors (Lipinski definition) is 1. The Morgan fingerprint density at radius 1 is 1.41 bits per heavy atom. The van der Waals surface area contributed by atoms with Gasteiger partial charge in [-0.15, -0.1) is 0 Å². The van der Waals surface area contributed by atoms with Crippen LogP contribution in [-0.4, -0.2) is 49.2 Å². The van der Waals surface area contributed by atoms with Crippen LogP contribution in [0.1, 0.15) is 33.1 Å². The molecule has 3 atom stereocenters. The zero-order chi connectivity index (χ0) is 12.3. The number of aliphatic hydroxyl groups excluding tert-OH is 1. The van der Waals surface area contributed by atoms with Gasteiger partial charge in [0.05, 0.1) is 13.2 Å². The van der Waals surface area contributed by atoms with Gasteiger partial charge in [-0.3, -0.25) is 0 Å². The smallest absolute Gasteiger partial charge is 0.163 e. The molecule has 0 aromatic rings. The van der Waals surface area contributed by atoms with Gasteiger partial charge in [0.15, 0.2) is 12.1 Å². The van der Waals surface area contributed by atoms with E-state index < -0.39 is 5.79 Å². The average molecular weight is 246 g/mol. The molecule has 2 saturated heterocycles. The second-order valence-corrected chi connectivity index (χ2v) is 5.02. The van der Waals surface area contributed by atoms with E-state index in [4.69, 9.17) is 18.9 Å². The molecule has 0 bridgehead atoms. The number of rotatable bonds is 4. The lowest BCUT2D eigenvalue weighted by Crippen LogP contribution is -2.40. The number of aliphatic hydroxyl groups is 1. The van der Waals surface area contributed by atoms with Gasteiger partial charge >= 0.3 is 0 Å². The summed E-state index contributed by atoms with van der Waals surface area (Å²) < 4.78 is 22.4. The second kappa shape index (κ2) is 5.63. The maximum absolute atomic E-state index is 9.37. The van der Waals surface area contributed by atoms with Crippen molar-refractivity contribution in [2.45, 2.75) is 57.4 Å². The Balaban J connectivity index is 1.83. The van der Waals surface area contributed by atoms with E-state index in [1.165, 1.54) is 0 Å². The van der Waals surface area contributed by atoms with Gasteiger partial charge in [-0.25, -0.2) is 0 Å². The predicted molar refractivity (Wildman–Crippen MR) is 60.5 cm³/mol. The third kappa shape index (κ3) is 3.63. The van der Waals surface area contributed by atoms with Crippen LogP contribution < -0.4 is 0 Å². The van der Waals surface area contributed by atoms with E-state index in [1.807, 2.05) is 13.8 Å². The van der Waals surface area contributed by atoms with E-state index in [9.17, 15) is 5.11 Å². The minimum atomic E-state index is -0.588. The minimum absolute atomic E-state index is 0.0794. The molecule has 2 rings (SSSR count). The monoisotopic (exact) mass is 246 g/mol. The van der Waals surface area contributed by atoms with Crippen molar-refractivity contribution >= 4 is 0 Å². The summed E-state index contributed by atoms with van der Waals surface area (Å²) in [5, 5.41) is 9.37. The standard InChI is InChI=1S/C12H22O5/c1-12(2)15-8-10(17-12)9(7-13)16-11-5-3-4-6-14-11/h9-11,13H,3-8H2,1-2H3/t9-,10+,11?/m1/s1. The van der Waals surface area contributed by atoms with E-state index in [2.05, 4.69) is 0 Å². The first-order valence-corrected chi connectivity index (χ1v) is 6.30. The quantitative estimate of drug-likeness (QED) is 0.803. The largest absolute Gasteiger partial charge is 0.394 e. The first kappa shape index (κ1) is 13.2. The van der Waals surface area contributed by atoms with E-state index in [0.29, 0.717) is 6.61 Å². The Morgan fingerprint density at radius 3 is 2.76 bits per heavy atom. The van der Waals surface area contributed by atoms with Crippen LogP contribution in [0.25, 0.3) is 0 Å². The van der Waals surface area contributed by atoms with Crippen molar-refractivity contribution in [2.24, 2.45) is 0 Å². The lowest BCUT2D eigenvalue weighted by molar-refractivity contribution is -0.225. The molecule has 100 valence electrons. The van der Waals surface area contributed by atoms with Gasteiger partial charge in [-0.1, -0.05) is 0 Å². The van der Waals surface area contributed by atoms with Gasteiger partial charge in [0.2, 0.25) is 0 Å². The van der Waals surface area contributed by atoms with Crippen molar-refractivity contribution in [3.63, 3.8) is 0 Å². The van der Waals surface area contributed by atoms with Crippen molar-refractivity contribution in [3.8, 4) is 0 Å². The van der Waals surface area contributed by atoms with Crippen molar-refractivity contribution in [1.82, 2.24) is 0 Å². The molecule has 2 aliphatic rings. The molecule has 5 heteroatoms. The highest BCUT2D eigenvalue weighted by atomic mass is 16.8. The molecule has 1 unspecified atom stereocenters. The second-order valence-electron chi connectivity index (χ2n) is 5.02. The summed E-state index contributed by atoms with van der Waals surface area (Å²) in [6.07, 6.45) is 2.26. The van der Waals surface area contributed by atoms with E-state index in [0.717, 1.165) is 25.9 Å². The average Bonchev–Trinajstić information content (AvgIpc) is 2.68. The van der Waals surface area contributed by atoms with Gasteiger partial charge in [0, 0.05) is 6.61 Å². The topological polar surface area (TPSA) is 57.2 Å². The number of hydrogen-bond acceptors (Lipinski definition) is 5. The molecule has 2 aliphatic heterocycles. The van der Waals surface area contributed by atoms with Crippen LogP contribution in [0, 0.1) is 0 Å². The van der Waals surface area contributed by atoms with Crippen LogP contribution in [0.15, 0.2) is 0 Å². The van der Waals surface area contributed by atoms with Crippen LogP contribution in [0.2, 0.25) is 0 Å². The maximum Gasteiger partial charge on any atom is 0.163 e. The summed E-state index contributed by atoms with van der Waals surface area (Å²) in [5.74, 6) is -0.588. The first-order valence-electron chi connectivity index (χ1n) is 6.30. The SMILES string of the molecule is CC1(C)OC[C@@H]([C@@H](CO)OC2CCCCO2)O1. The molecule has 17 heavy (non-hydrogen) atoms. The van der Waals surface area contributed by atoms with Crippen LogP contribution in [0.4, 0.5) is 0 Å². The summed E-state index contributed by atoms with van der Waals surface area (Å²) in [6, 6.07) is 0. The molecule has 0 aliphatic carbocycles. The Labute approximate surface area is 102 Å². The Morgan fingerprint density at radius 2 is 2.24 bits per heavy atom. The summed E-state index contributed by atoms with van der Waals surface area (Å²) in [5.41, 5.74) is 0. The summed E-state index contributed by atoms with van der Waals surface area (Å²) in [7, 11) is 0. The van der Waals surface area contributed by atoms with E-state index in [-0.39, 0.29) is 25.1 Å². The minimum Gasteiger partial charge on any atom is -0.394 e. The fourth-order valence-electron chi connectivity index (χ4n) is 2.16. The third-order valence-corrected chi connectivity index (χ3v) is 3.09. The van der Waals surface area contributed by atoms with Crippen LogP contribution in [-0.2, 0) is 18.9 Å². The first-order chi connectivity index (χ1) is 8.11. The third-order valence-electron chi connectivity index (χ3n) is 3.09. The van der Waals surface area contributed by atoms with Gasteiger partial charge < -0.3 is 24.1 Å². The normalized spacial score (nSPS) is 34.8. The molecule has 2 fully saturated rings. The molecule has 0 spiro atoms. The molecule has 0 aromatic heterocycles. The Kier molecular flexibility index (Phi) is 4.38. The fourth-order valence-corrected chi connectivity index (χ4v) is 2.16. The van der Waals surface area contributed by atoms with Crippen LogP contribution >= 0.6 is 0 Å². The zero-order valence-electron chi connectivity index (χ0n) is 10.6. The highest BCUT2D eigenvalue weighted by molar-refractivity contribution is 4.79. The Bertz CT molecular complexity index is 237. The van der Waals surface area contributed by atoms with E-state index >= 15 is 0 Å². The van der Waals surface area contributed by atoms with Crippen molar-refractivity contribution in [3.05, 3.63) is 0 Å². The molecule has 1 N–H and O–H groups in total. The molecule has 0 saturated carbocycles. The molecular formula is C12H22O5. The number of ether oxygens (including phenoxy) is 4. The van der Waals surface area contributed by atoms with Gasteiger partial charge in [0.1, 0.15) is 12.2 Å². The fraction of sp³-hybridized carbons (Fsp3) is 1.00. The van der Waals surface area contributed by atoms with Crippen molar-refractivity contribution in [1.29, 1.82) is 0 Å². The van der Waals surface area contributed by atoms with Gasteiger partial charge in [-0.05, 0) is 33.1 Å². The predicted octanol–water partition coefficient (Wildman–Crippen LogP) is 1.04. The zero-order valence-corrected chi connectivity index (χ0v) is 10.6. The Hall–Kier alpha value is -0.200. The molecule has 0 amide bonds. The lowest BCUT2D eigenvalue weighted by Gasteiger charge is -2.29. The molecule has 2 heterocycles. The highest BCUT2D eigenvalue weighted by Gasteiger charge is 2.38. The summed E-state index contributed by atoms with van der Waals surface area (Å²) >= 11 is 0. The summed E-state index contributed by atoms with van der Waals surface area (Å²) in [6.45, 7) is 4.82. The molecule has 0 radical (unpaired) electrons. The van der Waals surface area contributed by atoms with Gasteiger partial charge in [0.25, 0.3) is 0 Å².